The van der Waals surface area contributed by atoms with Crippen LogP contribution in [-0.2, 0) is 14.3 Å². The predicted molar refractivity (Wildman–Crippen MR) is 125 cm³/mol. The van der Waals surface area contributed by atoms with Crippen LogP contribution < -0.4 is 16.5 Å². The minimum atomic E-state index is -0.837. The van der Waals surface area contributed by atoms with E-state index >= 15 is 0 Å². The van der Waals surface area contributed by atoms with E-state index in [1.165, 1.54) is 0 Å². The van der Waals surface area contributed by atoms with E-state index < -0.39 is 59.0 Å². The molecule has 0 aromatic carbocycles. The molecule has 1 aromatic heterocycles. The first-order valence-electron chi connectivity index (χ1n) is 11.3. The molecular formula is C22H32ClFN6O5. The highest BCUT2D eigenvalue weighted by Crippen LogP contribution is 2.51. The number of hydrogen-bond acceptors (Lipinski definition) is 8. The summed E-state index contributed by atoms with van der Waals surface area (Å²) in [6, 6.07) is -1.27. The van der Waals surface area contributed by atoms with Gasteiger partial charge in [-0.2, -0.15) is 4.98 Å². The third-order valence-corrected chi connectivity index (χ3v) is 6.03. The zero-order chi connectivity index (χ0) is 26.3. The molecule has 3 rings (SSSR count). The van der Waals surface area contributed by atoms with Crippen molar-refractivity contribution in [3.8, 4) is 0 Å². The van der Waals surface area contributed by atoms with Crippen molar-refractivity contribution in [3.05, 3.63) is 17.3 Å². The van der Waals surface area contributed by atoms with Crippen LogP contribution in [-0.4, -0.2) is 56.4 Å². The van der Waals surface area contributed by atoms with Crippen molar-refractivity contribution < 1.29 is 28.2 Å². The number of nitrogens with zero attached hydrogens (tertiary/aromatic N) is 3. The lowest BCUT2D eigenvalue weighted by Gasteiger charge is -2.40. The lowest BCUT2D eigenvalue weighted by atomic mass is 9.81. The molecule has 2 aliphatic carbocycles. The number of carbonyl (C=O) groups is 3. The number of amides is 3. The summed E-state index contributed by atoms with van der Waals surface area (Å²) >= 11 is 5.82. The Hall–Kier alpha value is -2.89. The summed E-state index contributed by atoms with van der Waals surface area (Å²) in [5.74, 6) is -2.76. The van der Waals surface area contributed by atoms with Gasteiger partial charge in [0, 0.05) is 12.0 Å². The number of primary amides is 1. The van der Waals surface area contributed by atoms with Crippen LogP contribution in [0.15, 0.2) is 6.20 Å². The SMILES string of the molecule is CC(C)(C)OC(=O)NN(C(=O)OC(C)(C)C)C1CC2CC1C(Nc1nc(Cl)ncc1F)C2C(N)=O. The van der Waals surface area contributed by atoms with E-state index in [0.29, 0.717) is 12.8 Å². The molecule has 2 saturated carbocycles. The highest BCUT2D eigenvalue weighted by atomic mass is 35.5. The Morgan fingerprint density at radius 3 is 2.34 bits per heavy atom. The van der Waals surface area contributed by atoms with E-state index in [1.807, 2.05) is 0 Å². The second-order valence-electron chi connectivity index (χ2n) is 10.9. The van der Waals surface area contributed by atoms with E-state index in [0.717, 1.165) is 11.2 Å². The van der Waals surface area contributed by atoms with Crippen LogP contribution in [0.3, 0.4) is 0 Å². The van der Waals surface area contributed by atoms with Crippen LogP contribution in [0.1, 0.15) is 54.4 Å². The van der Waals surface area contributed by atoms with Crippen LogP contribution in [0.5, 0.6) is 0 Å². The number of ether oxygens (including phenoxy) is 2. The molecule has 13 heteroatoms. The number of anilines is 1. The summed E-state index contributed by atoms with van der Waals surface area (Å²) in [5, 5.41) is 3.86. The fourth-order valence-electron chi connectivity index (χ4n) is 4.81. The van der Waals surface area contributed by atoms with Gasteiger partial charge in [-0.05, 0) is 71.9 Å². The van der Waals surface area contributed by atoms with Gasteiger partial charge in [-0.3, -0.25) is 4.79 Å². The lowest BCUT2D eigenvalue weighted by Crippen LogP contribution is -2.59. The van der Waals surface area contributed by atoms with Gasteiger partial charge in [0.25, 0.3) is 0 Å². The Balaban J connectivity index is 1.91. The van der Waals surface area contributed by atoms with Crippen LogP contribution in [0, 0.1) is 23.6 Å². The number of carbonyl (C=O) groups excluding carboxylic acids is 3. The third-order valence-electron chi connectivity index (χ3n) is 5.85. The van der Waals surface area contributed by atoms with Crippen molar-refractivity contribution in [2.75, 3.05) is 5.32 Å². The lowest BCUT2D eigenvalue weighted by molar-refractivity contribution is -0.124. The second-order valence-corrected chi connectivity index (χ2v) is 11.2. The standard InChI is InChI=1S/C22H32ClFN6O5/c1-21(2,3)34-19(32)29-30(20(33)35-22(4,5)6)13-8-10-7-11(13)15(14(10)16(25)31)27-17-12(24)9-26-18(23)28-17/h9-11,13-15H,7-8H2,1-6H3,(H2,25,31)(H,29,32)(H,26,27,28). The molecular weight excluding hydrogens is 483 g/mol. The number of hydrogen-bond donors (Lipinski definition) is 3. The molecule has 194 valence electrons. The number of nitrogens with two attached hydrogens (primary N) is 1. The highest BCUT2D eigenvalue weighted by molar-refractivity contribution is 6.28. The zero-order valence-electron chi connectivity index (χ0n) is 20.6. The van der Waals surface area contributed by atoms with Gasteiger partial charge < -0.3 is 20.5 Å². The summed E-state index contributed by atoms with van der Waals surface area (Å²) in [5.41, 5.74) is 6.55. The van der Waals surface area contributed by atoms with E-state index in [9.17, 15) is 18.8 Å². The summed E-state index contributed by atoms with van der Waals surface area (Å²) in [6.07, 6.45) is 0.172. The topological polar surface area (TPSA) is 149 Å². The zero-order valence-corrected chi connectivity index (χ0v) is 21.4. The Kier molecular flexibility index (Phi) is 7.35. The molecule has 35 heavy (non-hydrogen) atoms. The van der Waals surface area contributed by atoms with E-state index in [2.05, 4.69) is 20.7 Å². The molecule has 0 spiro atoms. The number of rotatable bonds is 4. The van der Waals surface area contributed by atoms with Gasteiger partial charge in [0.2, 0.25) is 11.2 Å². The fraction of sp³-hybridized carbons (Fsp3) is 0.682. The maximum absolute atomic E-state index is 14.4. The number of aromatic nitrogens is 2. The molecule has 3 amide bonds. The summed E-state index contributed by atoms with van der Waals surface area (Å²) in [7, 11) is 0. The van der Waals surface area contributed by atoms with Crippen molar-refractivity contribution in [2.24, 2.45) is 23.5 Å². The molecule has 4 N–H and O–H groups in total. The second kappa shape index (κ2) is 9.63. The van der Waals surface area contributed by atoms with Gasteiger partial charge in [-0.1, -0.05) is 0 Å². The molecule has 2 aliphatic rings. The van der Waals surface area contributed by atoms with Gasteiger partial charge in [0.05, 0.1) is 18.2 Å². The van der Waals surface area contributed by atoms with Gasteiger partial charge in [-0.15, -0.1) is 0 Å². The summed E-state index contributed by atoms with van der Waals surface area (Å²) < 4.78 is 25.2. The first-order chi connectivity index (χ1) is 16.1. The van der Waals surface area contributed by atoms with Gasteiger partial charge in [0.1, 0.15) is 11.2 Å². The van der Waals surface area contributed by atoms with E-state index in [-0.39, 0.29) is 17.0 Å². The molecule has 5 atom stereocenters. The molecule has 5 unspecified atom stereocenters. The molecule has 1 heterocycles. The average Bonchev–Trinajstić information content (AvgIpc) is 3.24. The predicted octanol–water partition coefficient (Wildman–Crippen LogP) is 3.24. The van der Waals surface area contributed by atoms with Crippen molar-refractivity contribution in [1.29, 1.82) is 0 Å². The smallest absolute Gasteiger partial charge is 0.429 e. The summed E-state index contributed by atoms with van der Waals surface area (Å²) in [6.45, 7) is 10.2. The average molecular weight is 515 g/mol. The normalized spacial score (nSPS) is 25.7. The maximum atomic E-state index is 14.4. The minimum absolute atomic E-state index is 0.175. The van der Waals surface area contributed by atoms with Crippen molar-refractivity contribution in [2.45, 2.75) is 77.7 Å². The van der Waals surface area contributed by atoms with Crippen molar-refractivity contribution >= 4 is 35.5 Å². The largest absolute Gasteiger partial charge is 0.443 e. The highest BCUT2D eigenvalue weighted by Gasteiger charge is 2.58. The molecule has 0 radical (unpaired) electrons. The van der Waals surface area contributed by atoms with E-state index in [1.54, 1.807) is 41.5 Å². The Morgan fingerprint density at radius 2 is 1.77 bits per heavy atom. The number of nitrogens with one attached hydrogen (secondary N) is 2. The molecule has 2 fully saturated rings. The first-order valence-corrected chi connectivity index (χ1v) is 11.7. The van der Waals surface area contributed by atoms with Gasteiger partial charge in [-0.25, -0.2) is 29.4 Å². The van der Waals surface area contributed by atoms with Crippen molar-refractivity contribution in [1.82, 2.24) is 20.4 Å². The molecule has 11 nitrogen and oxygen atoms in total. The molecule has 2 bridgehead atoms. The van der Waals surface area contributed by atoms with Crippen LogP contribution >= 0.6 is 11.6 Å². The number of hydrazine groups is 1. The fourth-order valence-corrected chi connectivity index (χ4v) is 4.94. The Morgan fingerprint density at radius 1 is 1.14 bits per heavy atom. The first kappa shape index (κ1) is 26.7. The van der Waals surface area contributed by atoms with Crippen LogP contribution in [0.25, 0.3) is 0 Å². The third kappa shape index (κ3) is 6.41. The molecule has 0 aliphatic heterocycles. The molecule has 1 aromatic rings. The quantitative estimate of drug-likeness (QED) is 0.409. The maximum Gasteiger partial charge on any atom is 0.429 e. The van der Waals surface area contributed by atoms with Gasteiger partial charge in [0.15, 0.2) is 11.6 Å². The minimum Gasteiger partial charge on any atom is -0.443 e. The van der Waals surface area contributed by atoms with Crippen molar-refractivity contribution in [3.63, 3.8) is 0 Å². The Bertz CT molecular complexity index is 998. The Labute approximate surface area is 208 Å². The summed E-state index contributed by atoms with van der Waals surface area (Å²) in [4.78, 5) is 45.5. The van der Waals surface area contributed by atoms with Crippen LogP contribution in [0.4, 0.5) is 19.8 Å². The monoisotopic (exact) mass is 514 g/mol. The van der Waals surface area contributed by atoms with E-state index in [4.69, 9.17) is 26.8 Å². The van der Waals surface area contributed by atoms with Gasteiger partial charge >= 0.3 is 12.2 Å². The molecule has 0 saturated heterocycles. The van der Waals surface area contributed by atoms with Crippen LogP contribution in [0.2, 0.25) is 5.28 Å². The number of fused-ring (bicyclic) bond motifs is 2. The number of halogens is 2.